The standard InChI is InChI=1S/C17H28N6O3/c1-21-4-6-22(7-5-21)15(24)12-23-11-14(10-19-23)20-17(25)16(18)13-2-8-26-9-3-13/h10-11,13,16H,2-9,12,18H2,1H3,(H,20,25). The number of aromatic nitrogens is 2. The van der Waals surface area contributed by atoms with Crippen LogP contribution in [0.25, 0.3) is 0 Å². The minimum absolute atomic E-state index is 0.0398. The summed E-state index contributed by atoms with van der Waals surface area (Å²) in [7, 11) is 2.05. The number of nitrogens with two attached hydrogens (primary N) is 1. The maximum absolute atomic E-state index is 12.3. The van der Waals surface area contributed by atoms with Gasteiger partial charge in [-0.3, -0.25) is 14.3 Å². The Morgan fingerprint density at radius 3 is 2.69 bits per heavy atom. The molecule has 3 heterocycles. The van der Waals surface area contributed by atoms with Gasteiger partial charge in [0.15, 0.2) is 0 Å². The van der Waals surface area contributed by atoms with Crippen LogP contribution in [0, 0.1) is 5.92 Å². The average Bonchev–Trinajstić information content (AvgIpc) is 3.09. The molecule has 0 radical (unpaired) electrons. The van der Waals surface area contributed by atoms with Crippen molar-refractivity contribution in [2.24, 2.45) is 11.7 Å². The molecular formula is C17H28N6O3. The van der Waals surface area contributed by atoms with Crippen LogP contribution in [0.5, 0.6) is 0 Å². The van der Waals surface area contributed by atoms with Crippen LogP contribution < -0.4 is 11.1 Å². The van der Waals surface area contributed by atoms with E-state index >= 15 is 0 Å². The molecule has 2 aliphatic rings. The van der Waals surface area contributed by atoms with Crippen molar-refractivity contribution in [3.63, 3.8) is 0 Å². The van der Waals surface area contributed by atoms with Crippen LogP contribution in [-0.2, 0) is 20.9 Å². The maximum atomic E-state index is 12.3. The van der Waals surface area contributed by atoms with Gasteiger partial charge < -0.3 is 25.6 Å². The van der Waals surface area contributed by atoms with E-state index in [2.05, 4.69) is 22.4 Å². The van der Waals surface area contributed by atoms with Gasteiger partial charge in [-0.25, -0.2) is 0 Å². The predicted molar refractivity (Wildman–Crippen MR) is 96.5 cm³/mol. The predicted octanol–water partition coefficient (Wildman–Crippen LogP) is -0.650. The molecule has 1 aromatic heterocycles. The number of nitrogens with one attached hydrogen (secondary N) is 1. The van der Waals surface area contributed by atoms with Gasteiger partial charge in [0.05, 0.1) is 17.9 Å². The Morgan fingerprint density at radius 1 is 1.31 bits per heavy atom. The first-order chi connectivity index (χ1) is 12.5. The lowest BCUT2D eigenvalue weighted by atomic mass is 9.92. The van der Waals surface area contributed by atoms with Crippen molar-refractivity contribution in [2.75, 3.05) is 51.8 Å². The molecular weight excluding hydrogens is 336 g/mol. The molecule has 3 N–H and O–H groups in total. The van der Waals surface area contributed by atoms with E-state index in [0.29, 0.717) is 18.9 Å². The van der Waals surface area contributed by atoms with Gasteiger partial charge in [0.1, 0.15) is 6.54 Å². The maximum Gasteiger partial charge on any atom is 0.244 e. The van der Waals surface area contributed by atoms with Crippen molar-refractivity contribution < 1.29 is 14.3 Å². The third kappa shape index (κ3) is 4.80. The molecule has 3 rings (SSSR count). The summed E-state index contributed by atoms with van der Waals surface area (Å²) in [6.07, 6.45) is 4.81. The number of rotatable bonds is 5. The number of carbonyl (C=O) groups excluding carboxylic acids is 2. The SMILES string of the molecule is CN1CCN(C(=O)Cn2cc(NC(=O)C(N)C3CCOCC3)cn2)CC1. The van der Waals surface area contributed by atoms with Gasteiger partial charge in [-0.05, 0) is 25.8 Å². The second-order valence-corrected chi connectivity index (χ2v) is 7.08. The molecule has 9 heteroatoms. The molecule has 0 spiro atoms. The second kappa shape index (κ2) is 8.61. The summed E-state index contributed by atoms with van der Waals surface area (Å²) in [6, 6.07) is -0.561. The van der Waals surface area contributed by atoms with Crippen molar-refractivity contribution in [1.29, 1.82) is 0 Å². The molecule has 2 fully saturated rings. The topological polar surface area (TPSA) is 106 Å². The molecule has 0 aliphatic carbocycles. The van der Waals surface area contributed by atoms with Gasteiger partial charge in [0.2, 0.25) is 11.8 Å². The highest BCUT2D eigenvalue weighted by Crippen LogP contribution is 2.18. The van der Waals surface area contributed by atoms with E-state index in [-0.39, 0.29) is 24.3 Å². The number of carbonyl (C=O) groups is 2. The highest BCUT2D eigenvalue weighted by atomic mass is 16.5. The van der Waals surface area contributed by atoms with Crippen LogP contribution in [0.2, 0.25) is 0 Å². The number of anilines is 1. The first-order valence-electron chi connectivity index (χ1n) is 9.16. The van der Waals surface area contributed by atoms with E-state index in [9.17, 15) is 9.59 Å². The summed E-state index contributed by atoms with van der Waals surface area (Å²) in [5, 5.41) is 6.97. The van der Waals surface area contributed by atoms with Crippen LogP contribution in [0.15, 0.2) is 12.4 Å². The van der Waals surface area contributed by atoms with Gasteiger partial charge in [-0.1, -0.05) is 0 Å². The van der Waals surface area contributed by atoms with Crippen molar-refractivity contribution in [3.05, 3.63) is 12.4 Å². The van der Waals surface area contributed by atoms with E-state index in [4.69, 9.17) is 10.5 Å². The van der Waals surface area contributed by atoms with Crippen molar-refractivity contribution in [1.82, 2.24) is 19.6 Å². The smallest absolute Gasteiger partial charge is 0.244 e. The lowest BCUT2D eigenvalue weighted by Gasteiger charge is -2.32. The van der Waals surface area contributed by atoms with Crippen LogP contribution in [0.1, 0.15) is 12.8 Å². The molecule has 2 aliphatic heterocycles. The molecule has 2 saturated heterocycles. The van der Waals surface area contributed by atoms with E-state index in [0.717, 1.165) is 39.0 Å². The molecule has 9 nitrogen and oxygen atoms in total. The van der Waals surface area contributed by atoms with Gasteiger partial charge in [-0.15, -0.1) is 0 Å². The lowest BCUT2D eigenvalue weighted by Crippen LogP contribution is -2.48. The lowest BCUT2D eigenvalue weighted by molar-refractivity contribution is -0.133. The first kappa shape index (κ1) is 18.8. The minimum Gasteiger partial charge on any atom is -0.381 e. The number of ether oxygens (including phenoxy) is 1. The number of hydrogen-bond acceptors (Lipinski definition) is 6. The van der Waals surface area contributed by atoms with Crippen LogP contribution in [0.4, 0.5) is 5.69 Å². The highest BCUT2D eigenvalue weighted by molar-refractivity contribution is 5.94. The van der Waals surface area contributed by atoms with E-state index in [1.807, 2.05) is 4.90 Å². The molecule has 1 aromatic rings. The number of nitrogens with zero attached hydrogens (tertiary/aromatic N) is 4. The number of piperazine rings is 1. The molecule has 26 heavy (non-hydrogen) atoms. The van der Waals surface area contributed by atoms with Gasteiger partial charge in [0, 0.05) is 45.6 Å². The monoisotopic (exact) mass is 364 g/mol. The Kier molecular flexibility index (Phi) is 6.23. The summed E-state index contributed by atoms with van der Waals surface area (Å²) in [5.74, 6) is -0.0440. The Balaban J connectivity index is 1.49. The first-order valence-corrected chi connectivity index (χ1v) is 9.16. The molecule has 0 saturated carbocycles. The number of hydrogen-bond donors (Lipinski definition) is 2. The highest BCUT2D eigenvalue weighted by Gasteiger charge is 2.27. The number of amides is 2. The third-order valence-corrected chi connectivity index (χ3v) is 5.13. The molecule has 1 unspecified atom stereocenters. The number of likely N-dealkylation sites (N-methyl/N-ethyl adjacent to an activating group) is 1. The largest absolute Gasteiger partial charge is 0.381 e. The second-order valence-electron chi connectivity index (χ2n) is 7.08. The Labute approximate surface area is 153 Å². The van der Waals surface area contributed by atoms with Crippen LogP contribution in [-0.4, -0.2) is 83.9 Å². The zero-order valence-electron chi connectivity index (χ0n) is 15.3. The fourth-order valence-corrected chi connectivity index (χ4v) is 3.32. The van der Waals surface area contributed by atoms with E-state index in [1.165, 1.54) is 0 Å². The van der Waals surface area contributed by atoms with E-state index in [1.54, 1.807) is 17.1 Å². The summed E-state index contributed by atoms with van der Waals surface area (Å²) < 4.78 is 6.86. The normalized spacial score (nSPS) is 20.8. The Bertz CT molecular complexity index is 620. The Morgan fingerprint density at radius 2 is 2.00 bits per heavy atom. The average molecular weight is 364 g/mol. The summed E-state index contributed by atoms with van der Waals surface area (Å²) in [4.78, 5) is 28.7. The fourth-order valence-electron chi connectivity index (χ4n) is 3.32. The molecule has 1 atom stereocenters. The quantitative estimate of drug-likeness (QED) is 0.719. The zero-order valence-corrected chi connectivity index (χ0v) is 15.3. The molecule has 144 valence electrons. The van der Waals surface area contributed by atoms with Gasteiger partial charge >= 0.3 is 0 Å². The zero-order chi connectivity index (χ0) is 18.5. The van der Waals surface area contributed by atoms with Crippen LogP contribution in [0.3, 0.4) is 0 Å². The molecule has 0 bridgehead atoms. The molecule has 0 aromatic carbocycles. The Hall–Kier alpha value is -1.97. The van der Waals surface area contributed by atoms with Crippen molar-refractivity contribution in [3.8, 4) is 0 Å². The van der Waals surface area contributed by atoms with Crippen molar-refractivity contribution >= 4 is 17.5 Å². The van der Waals surface area contributed by atoms with E-state index < -0.39 is 6.04 Å². The summed E-state index contributed by atoms with van der Waals surface area (Å²) >= 11 is 0. The fraction of sp³-hybridized carbons (Fsp3) is 0.706. The van der Waals surface area contributed by atoms with Crippen LogP contribution >= 0.6 is 0 Å². The van der Waals surface area contributed by atoms with Gasteiger partial charge in [-0.2, -0.15) is 5.10 Å². The molecule has 2 amide bonds. The minimum atomic E-state index is -0.561. The van der Waals surface area contributed by atoms with Crippen molar-refractivity contribution in [2.45, 2.75) is 25.4 Å². The summed E-state index contributed by atoms with van der Waals surface area (Å²) in [5.41, 5.74) is 6.64. The summed E-state index contributed by atoms with van der Waals surface area (Å²) in [6.45, 7) is 4.72. The van der Waals surface area contributed by atoms with Gasteiger partial charge in [0.25, 0.3) is 0 Å². The third-order valence-electron chi connectivity index (χ3n) is 5.13.